The Labute approximate surface area is 131 Å². The fourth-order valence-electron chi connectivity index (χ4n) is 2.71. The van der Waals surface area contributed by atoms with Gasteiger partial charge >= 0.3 is 5.97 Å². The van der Waals surface area contributed by atoms with Crippen molar-refractivity contribution in [3.8, 4) is 0 Å². The van der Waals surface area contributed by atoms with Crippen LogP contribution in [0, 0.1) is 6.92 Å². The molecule has 1 aromatic rings. The predicted octanol–water partition coefficient (Wildman–Crippen LogP) is 1.15. The Morgan fingerprint density at radius 3 is 2.45 bits per heavy atom. The van der Waals surface area contributed by atoms with E-state index < -0.39 is 16.0 Å². The monoisotopic (exact) mass is 326 g/mol. The molecular weight excluding hydrogens is 304 g/mol. The van der Waals surface area contributed by atoms with Crippen molar-refractivity contribution in [1.29, 1.82) is 0 Å². The third-order valence-electron chi connectivity index (χ3n) is 4.08. The molecule has 1 heterocycles. The van der Waals surface area contributed by atoms with Crippen LogP contribution in [0.5, 0.6) is 0 Å². The average molecular weight is 326 g/mol. The number of methoxy groups -OCH3 is 1. The van der Waals surface area contributed by atoms with Crippen LogP contribution in [-0.4, -0.2) is 52.0 Å². The van der Waals surface area contributed by atoms with Crippen molar-refractivity contribution in [3.05, 3.63) is 29.3 Å². The SMILES string of the molecule is CNC1CCN(S(=O)(=O)c2ccc(C(=O)OC)cc2C)CC1. The Kier molecular flexibility index (Phi) is 5.20. The van der Waals surface area contributed by atoms with E-state index >= 15 is 0 Å². The molecule has 0 bridgehead atoms. The molecule has 6 nitrogen and oxygen atoms in total. The summed E-state index contributed by atoms with van der Waals surface area (Å²) in [5.41, 5.74) is 0.909. The van der Waals surface area contributed by atoms with Gasteiger partial charge in [0.2, 0.25) is 10.0 Å². The van der Waals surface area contributed by atoms with Crippen molar-refractivity contribution < 1.29 is 17.9 Å². The molecule has 1 N–H and O–H groups in total. The van der Waals surface area contributed by atoms with E-state index in [-0.39, 0.29) is 4.90 Å². The van der Waals surface area contributed by atoms with Gasteiger partial charge in [0, 0.05) is 19.1 Å². The lowest BCUT2D eigenvalue weighted by molar-refractivity contribution is 0.0600. The molecule has 0 radical (unpaired) electrons. The van der Waals surface area contributed by atoms with Crippen LogP contribution in [0.2, 0.25) is 0 Å². The minimum atomic E-state index is -3.52. The van der Waals surface area contributed by atoms with Crippen LogP contribution < -0.4 is 5.32 Å². The quantitative estimate of drug-likeness (QED) is 0.840. The van der Waals surface area contributed by atoms with Gasteiger partial charge in [-0.15, -0.1) is 0 Å². The summed E-state index contributed by atoms with van der Waals surface area (Å²) in [6, 6.07) is 4.90. The zero-order valence-electron chi connectivity index (χ0n) is 13.1. The van der Waals surface area contributed by atoms with Gasteiger partial charge in [-0.25, -0.2) is 13.2 Å². The zero-order chi connectivity index (χ0) is 16.3. The highest BCUT2D eigenvalue weighted by molar-refractivity contribution is 7.89. The maximum Gasteiger partial charge on any atom is 0.337 e. The average Bonchev–Trinajstić information content (AvgIpc) is 2.53. The van der Waals surface area contributed by atoms with Crippen LogP contribution in [0.4, 0.5) is 0 Å². The van der Waals surface area contributed by atoms with Crippen LogP contribution in [0.3, 0.4) is 0 Å². The van der Waals surface area contributed by atoms with Crippen molar-refractivity contribution >= 4 is 16.0 Å². The fourth-order valence-corrected chi connectivity index (χ4v) is 4.38. The first-order valence-electron chi connectivity index (χ1n) is 7.26. The second kappa shape index (κ2) is 6.76. The molecule has 0 aliphatic carbocycles. The van der Waals surface area contributed by atoms with E-state index in [9.17, 15) is 13.2 Å². The standard InChI is InChI=1S/C15H22N2O4S/c1-11-10-12(15(18)21-3)4-5-14(11)22(19,20)17-8-6-13(16-2)7-9-17/h4-5,10,13,16H,6-9H2,1-3H3. The summed E-state index contributed by atoms with van der Waals surface area (Å²) in [5, 5.41) is 3.18. The molecule has 0 saturated carbocycles. The van der Waals surface area contributed by atoms with Gasteiger partial charge in [-0.1, -0.05) is 0 Å². The van der Waals surface area contributed by atoms with Gasteiger partial charge in [0.05, 0.1) is 17.6 Å². The maximum atomic E-state index is 12.7. The number of nitrogens with zero attached hydrogens (tertiary/aromatic N) is 1. The van der Waals surface area contributed by atoms with E-state index in [0.29, 0.717) is 30.3 Å². The number of aryl methyl sites for hydroxylation is 1. The van der Waals surface area contributed by atoms with Crippen LogP contribution in [0.1, 0.15) is 28.8 Å². The van der Waals surface area contributed by atoms with E-state index in [0.717, 1.165) is 12.8 Å². The number of piperidine rings is 1. The van der Waals surface area contributed by atoms with Gasteiger partial charge in [0.15, 0.2) is 0 Å². The molecule has 7 heteroatoms. The summed E-state index contributed by atoms with van der Waals surface area (Å²) in [4.78, 5) is 11.8. The highest BCUT2D eigenvalue weighted by Crippen LogP contribution is 2.24. The normalized spacial score (nSPS) is 17.4. The van der Waals surface area contributed by atoms with E-state index in [1.54, 1.807) is 13.0 Å². The summed E-state index contributed by atoms with van der Waals surface area (Å²) in [6.07, 6.45) is 1.60. The second-order valence-electron chi connectivity index (χ2n) is 5.44. The Morgan fingerprint density at radius 2 is 1.95 bits per heavy atom. The number of sulfonamides is 1. The van der Waals surface area contributed by atoms with Crippen molar-refractivity contribution in [2.24, 2.45) is 0 Å². The number of hydrogen-bond donors (Lipinski definition) is 1. The largest absolute Gasteiger partial charge is 0.465 e. The number of esters is 1. The number of benzene rings is 1. The van der Waals surface area contributed by atoms with Gasteiger partial charge in [-0.05, 0) is 50.6 Å². The lowest BCUT2D eigenvalue weighted by atomic mass is 10.1. The van der Waals surface area contributed by atoms with Gasteiger partial charge in [0.25, 0.3) is 0 Å². The summed E-state index contributed by atoms with van der Waals surface area (Å²) < 4.78 is 31.7. The Hall–Kier alpha value is -1.44. The molecular formula is C15H22N2O4S. The first-order valence-corrected chi connectivity index (χ1v) is 8.70. The molecule has 1 fully saturated rings. The molecule has 0 aromatic heterocycles. The molecule has 1 aliphatic heterocycles. The zero-order valence-corrected chi connectivity index (χ0v) is 13.9. The van der Waals surface area contributed by atoms with Gasteiger partial charge in [-0.2, -0.15) is 4.31 Å². The number of nitrogens with one attached hydrogen (secondary N) is 1. The molecule has 1 aromatic carbocycles. The Morgan fingerprint density at radius 1 is 1.32 bits per heavy atom. The van der Waals surface area contributed by atoms with Crippen LogP contribution in [-0.2, 0) is 14.8 Å². The van der Waals surface area contributed by atoms with Crippen LogP contribution in [0.15, 0.2) is 23.1 Å². The van der Waals surface area contributed by atoms with Gasteiger partial charge in [0.1, 0.15) is 0 Å². The highest BCUT2D eigenvalue weighted by atomic mass is 32.2. The lowest BCUT2D eigenvalue weighted by Gasteiger charge is -2.31. The van der Waals surface area contributed by atoms with Crippen molar-refractivity contribution in [2.45, 2.75) is 30.7 Å². The maximum absolute atomic E-state index is 12.7. The summed E-state index contributed by atoms with van der Waals surface area (Å²) in [6.45, 7) is 2.71. The molecule has 2 rings (SSSR count). The highest BCUT2D eigenvalue weighted by Gasteiger charge is 2.30. The second-order valence-corrected chi connectivity index (χ2v) is 7.35. The Bertz CT molecular complexity index is 650. The number of carbonyl (C=O) groups is 1. The van der Waals surface area contributed by atoms with Crippen molar-refractivity contribution in [3.63, 3.8) is 0 Å². The molecule has 22 heavy (non-hydrogen) atoms. The molecule has 0 amide bonds. The first kappa shape index (κ1) is 16.9. The Balaban J connectivity index is 2.25. The summed E-state index contributed by atoms with van der Waals surface area (Å²) in [5.74, 6) is -0.470. The molecule has 0 unspecified atom stereocenters. The molecule has 1 aliphatic rings. The third-order valence-corrected chi connectivity index (χ3v) is 6.13. The topological polar surface area (TPSA) is 75.7 Å². The van der Waals surface area contributed by atoms with Gasteiger partial charge in [-0.3, -0.25) is 0 Å². The number of carbonyl (C=O) groups excluding carboxylic acids is 1. The van der Waals surface area contributed by atoms with Crippen LogP contribution in [0.25, 0.3) is 0 Å². The third kappa shape index (κ3) is 3.31. The van der Waals surface area contributed by atoms with Crippen LogP contribution >= 0.6 is 0 Å². The molecule has 1 saturated heterocycles. The molecule has 0 spiro atoms. The minimum absolute atomic E-state index is 0.253. The van der Waals surface area contributed by atoms with Gasteiger partial charge < -0.3 is 10.1 Å². The number of hydrogen-bond acceptors (Lipinski definition) is 5. The fraction of sp³-hybridized carbons (Fsp3) is 0.533. The molecule has 122 valence electrons. The smallest absolute Gasteiger partial charge is 0.337 e. The van der Waals surface area contributed by atoms with E-state index in [1.807, 2.05) is 7.05 Å². The minimum Gasteiger partial charge on any atom is -0.465 e. The van der Waals surface area contributed by atoms with E-state index in [4.69, 9.17) is 0 Å². The summed E-state index contributed by atoms with van der Waals surface area (Å²) in [7, 11) is -0.327. The van der Waals surface area contributed by atoms with Crippen molar-refractivity contribution in [1.82, 2.24) is 9.62 Å². The van der Waals surface area contributed by atoms with E-state index in [2.05, 4.69) is 10.1 Å². The van der Waals surface area contributed by atoms with E-state index in [1.165, 1.54) is 23.5 Å². The first-order chi connectivity index (χ1) is 10.4. The predicted molar refractivity (Wildman–Crippen MR) is 83.4 cm³/mol. The summed E-state index contributed by atoms with van der Waals surface area (Å²) >= 11 is 0. The van der Waals surface area contributed by atoms with Crippen molar-refractivity contribution in [2.75, 3.05) is 27.2 Å². The number of ether oxygens (including phenoxy) is 1. The molecule has 0 atom stereocenters. The number of rotatable bonds is 4. The lowest BCUT2D eigenvalue weighted by Crippen LogP contribution is -2.44.